The molecule has 4 rings (SSSR count). The number of hydrogen-bond acceptors (Lipinski definition) is 5. The average molecular weight is 424 g/mol. The van der Waals surface area contributed by atoms with Gasteiger partial charge in [0, 0.05) is 19.2 Å². The molecule has 1 heterocycles. The summed E-state index contributed by atoms with van der Waals surface area (Å²) in [6.07, 6.45) is 0. The molecule has 6 nitrogen and oxygen atoms in total. The molecule has 4 aromatic rings. The number of fused-ring (bicyclic) bond motifs is 1. The van der Waals surface area contributed by atoms with Crippen LogP contribution in [-0.2, 0) is 18.4 Å². The Kier molecular flexibility index (Phi) is 5.53. The molecule has 3 aromatic carbocycles. The summed E-state index contributed by atoms with van der Waals surface area (Å²) in [5, 5.41) is 0. The summed E-state index contributed by atoms with van der Waals surface area (Å²) in [6, 6.07) is 15.3. The summed E-state index contributed by atoms with van der Waals surface area (Å²) < 4.78 is 44.5. The monoisotopic (exact) mass is 424 g/mol. The van der Waals surface area contributed by atoms with Crippen LogP contribution in [0.2, 0.25) is 0 Å². The second-order valence-electron chi connectivity index (χ2n) is 6.72. The van der Waals surface area contributed by atoms with Crippen molar-refractivity contribution < 1.29 is 27.8 Å². The first-order valence-corrected chi connectivity index (χ1v) is 9.34. The third kappa shape index (κ3) is 4.32. The number of esters is 1. The molecule has 0 bridgehead atoms. The Morgan fingerprint density at radius 2 is 1.74 bits per heavy atom. The van der Waals surface area contributed by atoms with E-state index in [-0.39, 0.29) is 12.4 Å². The highest BCUT2D eigenvalue weighted by Crippen LogP contribution is 2.27. The summed E-state index contributed by atoms with van der Waals surface area (Å²) in [7, 11) is 3.15. The Morgan fingerprint density at radius 3 is 2.52 bits per heavy atom. The molecule has 0 saturated carbocycles. The Hall–Kier alpha value is -3.94. The molecule has 0 saturated heterocycles. The van der Waals surface area contributed by atoms with E-state index in [1.165, 1.54) is 13.2 Å². The molecule has 8 heteroatoms. The lowest BCUT2D eigenvalue weighted by Gasteiger charge is -2.08. The van der Waals surface area contributed by atoms with Crippen molar-refractivity contribution in [3.63, 3.8) is 0 Å². The van der Waals surface area contributed by atoms with Gasteiger partial charge in [-0.3, -0.25) is 0 Å². The molecule has 31 heavy (non-hydrogen) atoms. The predicted molar refractivity (Wildman–Crippen MR) is 109 cm³/mol. The van der Waals surface area contributed by atoms with Gasteiger partial charge >= 0.3 is 5.97 Å². The third-order valence-corrected chi connectivity index (χ3v) is 4.69. The lowest BCUT2D eigenvalue weighted by molar-refractivity contribution is 0.0600. The quantitative estimate of drug-likeness (QED) is 0.407. The van der Waals surface area contributed by atoms with Gasteiger partial charge in [0.2, 0.25) is 0 Å². The summed E-state index contributed by atoms with van der Waals surface area (Å²) in [4.78, 5) is 16.2. The standard InChI is InChI=1S/C23H18F2N2O4/c1-27-21-12-17(31-16-6-8-18(24)19(25)11-16)7-9-20(21)26-22(27)13-30-15-5-3-4-14(10-15)23(28)29-2/h3-12H,13H2,1-2H3. The number of carbonyl (C=O) groups is 1. The summed E-state index contributed by atoms with van der Waals surface area (Å²) in [5.74, 6) is -0.539. The molecule has 158 valence electrons. The summed E-state index contributed by atoms with van der Waals surface area (Å²) >= 11 is 0. The maximum atomic E-state index is 13.4. The van der Waals surface area contributed by atoms with Crippen molar-refractivity contribution in [2.45, 2.75) is 6.61 Å². The first kappa shape index (κ1) is 20.3. The van der Waals surface area contributed by atoms with Crippen LogP contribution >= 0.6 is 0 Å². The van der Waals surface area contributed by atoms with Crippen LogP contribution in [0.5, 0.6) is 17.2 Å². The van der Waals surface area contributed by atoms with E-state index in [9.17, 15) is 13.6 Å². The van der Waals surface area contributed by atoms with Gasteiger partial charge < -0.3 is 18.8 Å². The van der Waals surface area contributed by atoms with E-state index in [4.69, 9.17) is 14.2 Å². The number of hydrogen-bond donors (Lipinski definition) is 0. The number of benzene rings is 3. The first-order chi connectivity index (χ1) is 14.9. The smallest absolute Gasteiger partial charge is 0.337 e. The van der Waals surface area contributed by atoms with Crippen LogP contribution in [0, 0.1) is 11.6 Å². The third-order valence-electron chi connectivity index (χ3n) is 4.69. The number of aryl methyl sites for hydroxylation is 1. The van der Waals surface area contributed by atoms with E-state index >= 15 is 0 Å². The number of rotatable bonds is 6. The van der Waals surface area contributed by atoms with Gasteiger partial charge in [0.15, 0.2) is 11.6 Å². The van der Waals surface area contributed by atoms with Gasteiger partial charge in [-0.25, -0.2) is 18.6 Å². The van der Waals surface area contributed by atoms with E-state index < -0.39 is 17.6 Å². The molecule has 0 amide bonds. The minimum absolute atomic E-state index is 0.176. The lowest BCUT2D eigenvalue weighted by Crippen LogP contribution is -2.05. The number of imidazole rings is 1. The topological polar surface area (TPSA) is 62.6 Å². The Balaban J connectivity index is 1.53. The minimum atomic E-state index is -0.977. The van der Waals surface area contributed by atoms with Crippen molar-refractivity contribution in [1.82, 2.24) is 9.55 Å². The van der Waals surface area contributed by atoms with Crippen molar-refractivity contribution in [1.29, 1.82) is 0 Å². The van der Waals surface area contributed by atoms with Crippen LogP contribution in [0.3, 0.4) is 0 Å². The van der Waals surface area contributed by atoms with E-state index in [1.54, 1.807) is 42.5 Å². The van der Waals surface area contributed by atoms with Crippen molar-refractivity contribution in [2.24, 2.45) is 7.05 Å². The maximum absolute atomic E-state index is 13.4. The van der Waals surface area contributed by atoms with Crippen LogP contribution in [0.1, 0.15) is 16.2 Å². The second kappa shape index (κ2) is 8.43. The molecule has 0 aliphatic rings. The van der Waals surface area contributed by atoms with Gasteiger partial charge in [-0.15, -0.1) is 0 Å². The summed E-state index contributed by atoms with van der Waals surface area (Å²) in [5.41, 5.74) is 1.90. The molecule has 0 aliphatic carbocycles. The Labute approximate surface area is 176 Å². The fraction of sp³-hybridized carbons (Fsp3) is 0.130. The number of aromatic nitrogens is 2. The SMILES string of the molecule is COC(=O)c1cccc(OCc2nc3ccc(Oc4ccc(F)c(F)c4)cc3n2C)c1. The fourth-order valence-electron chi connectivity index (χ4n) is 3.07. The lowest BCUT2D eigenvalue weighted by atomic mass is 10.2. The van der Waals surface area contributed by atoms with Crippen LogP contribution in [0.25, 0.3) is 11.0 Å². The van der Waals surface area contributed by atoms with Crippen molar-refractivity contribution >= 4 is 17.0 Å². The molecule has 0 fully saturated rings. The molecule has 0 unspecified atom stereocenters. The van der Waals surface area contributed by atoms with Crippen molar-refractivity contribution in [2.75, 3.05) is 7.11 Å². The van der Waals surface area contributed by atoms with E-state index in [1.807, 2.05) is 11.6 Å². The highest BCUT2D eigenvalue weighted by molar-refractivity contribution is 5.89. The van der Waals surface area contributed by atoms with Crippen LogP contribution in [0.15, 0.2) is 60.7 Å². The van der Waals surface area contributed by atoms with E-state index in [0.29, 0.717) is 22.9 Å². The molecule has 0 radical (unpaired) electrons. The normalized spacial score (nSPS) is 10.8. The molecular formula is C23H18F2N2O4. The minimum Gasteiger partial charge on any atom is -0.486 e. The highest BCUT2D eigenvalue weighted by Gasteiger charge is 2.12. The first-order valence-electron chi connectivity index (χ1n) is 9.34. The van der Waals surface area contributed by atoms with Gasteiger partial charge in [-0.2, -0.15) is 0 Å². The van der Waals surface area contributed by atoms with E-state index in [2.05, 4.69) is 4.98 Å². The number of halogens is 2. The Bertz CT molecular complexity index is 1270. The van der Waals surface area contributed by atoms with Gasteiger partial charge in [0.05, 0.1) is 23.7 Å². The molecule has 1 aromatic heterocycles. The molecule has 0 atom stereocenters. The number of nitrogens with zero attached hydrogens (tertiary/aromatic N) is 2. The van der Waals surface area contributed by atoms with Gasteiger partial charge in [-0.1, -0.05) is 6.07 Å². The van der Waals surface area contributed by atoms with Gasteiger partial charge in [0.25, 0.3) is 0 Å². The zero-order valence-corrected chi connectivity index (χ0v) is 16.8. The van der Waals surface area contributed by atoms with Crippen molar-refractivity contribution in [3.05, 3.63) is 83.7 Å². The van der Waals surface area contributed by atoms with Crippen LogP contribution in [0.4, 0.5) is 8.78 Å². The zero-order valence-electron chi connectivity index (χ0n) is 16.8. The van der Waals surface area contributed by atoms with Crippen LogP contribution < -0.4 is 9.47 Å². The largest absolute Gasteiger partial charge is 0.486 e. The van der Waals surface area contributed by atoms with Crippen molar-refractivity contribution in [3.8, 4) is 17.2 Å². The fourth-order valence-corrected chi connectivity index (χ4v) is 3.07. The molecule has 0 aliphatic heterocycles. The van der Waals surface area contributed by atoms with E-state index in [0.717, 1.165) is 23.2 Å². The predicted octanol–water partition coefficient (Wildman–Crippen LogP) is 5.01. The Morgan fingerprint density at radius 1 is 0.968 bits per heavy atom. The molecule has 0 N–H and O–H groups in total. The summed E-state index contributed by atoms with van der Waals surface area (Å²) in [6.45, 7) is 0.176. The number of ether oxygens (including phenoxy) is 3. The number of methoxy groups -OCH3 is 1. The van der Waals surface area contributed by atoms with Gasteiger partial charge in [0.1, 0.15) is 29.7 Å². The number of carbonyl (C=O) groups excluding carboxylic acids is 1. The van der Waals surface area contributed by atoms with Gasteiger partial charge in [-0.05, 0) is 42.5 Å². The highest BCUT2D eigenvalue weighted by atomic mass is 19.2. The second-order valence-corrected chi connectivity index (χ2v) is 6.72. The zero-order chi connectivity index (χ0) is 22.0. The molecule has 0 spiro atoms. The maximum Gasteiger partial charge on any atom is 0.337 e. The van der Waals surface area contributed by atoms with Crippen LogP contribution in [-0.4, -0.2) is 22.6 Å². The average Bonchev–Trinajstić information content (AvgIpc) is 3.09. The molecular weight excluding hydrogens is 406 g/mol.